The molecular formula is C23H18FN3O3. The molecule has 4 rings (SSSR count). The van der Waals surface area contributed by atoms with Gasteiger partial charge in [0.15, 0.2) is 0 Å². The van der Waals surface area contributed by atoms with Gasteiger partial charge in [0.1, 0.15) is 5.82 Å². The number of halogens is 1. The summed E-state index contributed by atoms with van der Waals surface area (Å²) in [5, 5.41) is 2.68. The lowest BCUT2D eigenvalue weighted by molar-refractivity contribution is 0.0925. The molecule has 1 N–H and O–H groups in total. The normalized spacial score (nSPS) is 12.7. The molecule has 0 atom stereocenters. The van der Waals surface area contributed by atoms with Gasteiger partial charge < -0.3 is 10.2 Å². The summed E-state index contributed by atoms with van der Waals surface area (Å²) in [6.45, 7) is 0. The lowest BCUT2D eigenvalue weighted by Crippen LogP contribution is -2.29. The van der Waals surface area contributed by atoms with Crippen LogP contribution in [0.2, 0.25) is 0 Å². The van der Waals surface area contributed by atoms with Crippen molar-refractivity contribution in [2.45, 2.75) is 0 Å². The van der Waals surface area contributed by atoms with Crippen LogP contribution in [-0.4, -0.2) is 31.8 Å². The van der Waals surface area contributed by atoms with E-state index in [2.05, 4.69) is 5.32 Å². The highest BCUT2D eigenvalue weighted by molar-refractivity contribution is 6.34. The van der Waals surface area contributed by atoms with Crippen LogP contribution in [0.3, 0.4) is 0 Å². The Bertz CT molecular complexity index is 1150. The van der Waals surface area contributed by atoms with Crippen molar-refractivity contribution in [2.24, 2.45) is 0 Å². The molecule has 30 heavy (non-hydrogen) atoms. The van der Waals surface area contributed by atoms with E-state index in [0.717, 1.165) is 4.90 Å². The van der Waals surface area contributed by atoms with Crippen molar-refractivity contribution in [1.82, 2.24) is 0 Å². The maximum absolute atomic E-state index is 14.2. The Hall–Kier alpha value is -4.00. The predicted molar refractivity (Wildman–Crippen MR) is 113 cm³/mol. The highest BCUT2D eigenvalue weighted by Gasteiger charge is 2.36. The van der Waals surface area contributed by atoms with Gasteiger partial charge in [0.25, 0.3) is 17.7 Å². The first kappa shape index (κ1) is 19.3. The van der Waals surface area contributed by atoms with Gasteiger partial charge in [-0.15, -0.1) is 0 Å². The van der Waals surface area contributed by atoms with Gasteiger partial charge in [-0.1, -0.05) is 18.2 Å². The van der Waals surface area contributed by atoms with Crippen LogP contribution in [0.15, 0.2) is 66.7 Å². The molecule has 0 saturated heterocycles. The summed E-state index contributed by atoms with van der Waals surface area (Å²) < 4.78 is 14.2. The Morgan fingerprint density at radius 2 is 1.57 bits per heavy atom. The van der Waals surface area contributed by atoms with E-state index < -0.39 is 23.5 Å². The average Bonchev–Trinajstić information content (AvgIpc) is 2.98. The molecule has 0 aromatic heterocycles. The molecule has 0 aliphatic carbocycles. The first-order chi connectivity index (χ1) is 14.4. The number of rotatable bonds is 4. The van der Waals surface area contributed by atoms with E-state index in [1.165, 1.54) is 24.3 Å². The van der Waals surface area contributed by atoms with Crippen molar-refractivity contribution in [3.05, 3.63) is 89.2 Å². The van der Waals surface area contributed by atoms with Crippen LogP contribution in [-0.2, 0) is 0 Å². The Morgan fingerprint density at radius 3 is 2.17 bits per heavy atom. The van der Waals surface area contributed by atoms with Crippen LogP contribution >= 0.6 is 0 Å². The van der Waals surface area contributed by atoms with Gasteiger partial charge >= 0.3 is 0 Å². The third-order valence-electron chi connectivity index (χ3n) is 4.85. The number of carbonyl (C=O) groups excluding carboxylic acids is 3. The van der Waals surface area contributed by atoms with E-state index in [9.17, 15) is 18.8 Å². The molecular weight excluding hydrogens is 385 g/mol. The first-order valence-corrected chi connectivity index (χ1v) is 9.23. The van der Waals surface area contributed by atoms with E-state index in [4.69, 9.17) is 0 Å². The minimum atomic E-state index is -0.507. The first-order valence-electron chi connectivity index (χ1n) is 9.23. The molecule has 1 aliphatic heterocycles. The summed E-state index contributed by atoms with van der Waals surface area (Å²) in [5.74, 6) is -1.84. The van der Waals surface area contributed by atoms with Crippen LogP contribution in [0.25, 0.3) is 0 Å². The molecule has 6 nitrogen and oxygen atoms in total. The number of hydrogen-bond acceptors (Lipinski definition) is 4. The molecule has 7 heteroatoms. The Balaban J connectivity index is 1.58. The van der Waals surface area contributed by atoms with Crippen LogP contribution in [0.1, 0.15) is 31.1 Å². The van der Waals surface area contributed by atoms with Gasteiger partial charge in [-0.3, -0.25) is 14.4 Å². The molecule has 3 aromatic carbocycles. The molecule has 0 fully saturated rings. The smallest absolute Gasteiger partial charge is 0.266 e. The number of hydrogen-bond donors (Lipinski definition) is 1. The van der Waals surface area contributed by atoms with E-state index in [1.807, 2.05) is 0 Å². The molecule has 3 amide bonds. The van der Waals surface area contributed by atoms with E-state index in [-0.39, 0.29) is 5.56 Å². The number of carbonyl (C=O) groups is 3. The fraction of sp³-hybridized carbons (Fsp3) is 0.0870. The van der Waals surface area contributed by atoms with Gasteiger partial charge in [-0.05, 0) is 48.5 Å². The molecule has 1 aliphatic rings. The number of nitrogens with one attached hydrogen (secondary N) is 1. The summed E-state index contributed by atoms with van der Waals surface area (Å²) in [7, 11) is 3.42. The Kier molecular flexibility index (Phi) is 4.79. The number of imide groups is 1. The second-order valence-electron chi connectivity index (χ2n) is 7.06. The summed E-state index contributed by atoms with van der Waals surface area (Å²) in [5.41, 5.74) is 1.93. The zero-order chi connectivity index (χ0) is 21.4. The van der Waals surface area contributed by atoms with E-state index in [1.54, 1.807) is 61.5 Å². The molecule has 0 saturated carbocycles. The zero-order valence-electron chi connectivity index (χ0n) is 16.3. The Morgan fingerprint density at radius 1 is 0.900 bits per heavy atom. The predicted octanol–water partition coefficient (Wildman–Crippen LogP) is 3.94. The molecule has 0 unspecified atom stereocenters. The fourth-order valence-electron chi connectivity index (χ4n) is 3.36. The van der Waals surface area contributed by atoms with Crippen molar-refractivity contribution in [3.8, 4) is 0 Å². The van der Waals surface area contributed by atoms with Crippen LogP contribution in [0.5, 0.6) is 0 Å². The third kappa shape index (κ3) is 3.30. The van der Waals surface area contributed by atoms with Gasteiger partial charge in [0, 0.05) is 25.3 Å². The second-order valence-corrected chi connectivity index (χ2v) is 7.06. The molecule has 150 valence electrons. The number of fused-ring (bicyclic) bond motifs is 1. The van der Waals surface area contributed by atoms with E-state index in [0.29, 0.717) is 28.2 Å². The summed E-state index contributed by atoms with van der Waals surface area (Å²) >= 11 is 0. The largest absolute Gasteiger partial charge is 0.375 e. The monoisotopic (exact) mass is 403 g/mol. The molecule has 1 heterocycles. The van der Waals surface area contributed by atoms with Crippen molar-refractivity contribution in [1.29, 1.82) is 0 Å². The lowest BCUT2D eigenvalue weighted by Gasteiger charge is -2.16. The summed E-state index contributed by atoms with van der Waals surface area (Å²) in [6, 6.07) is 17.2. The van der Waals surface area contributed by atoms with Crippen molar-refractivity contribution < 1.29 is 18.8 Å². The summed E-state index contributed by atoms with van der Waals surface area (Å²) in [4.78, 5) is 40.6. The van der Waals surface area contributed by atoms with Gasteiger partial charge in [-0.2, -0.15) is 0 Å². The van der Waals surface area contributed by atoms with Crippen LogP contribution in [0, 0.1) is 5.82 Å². The molecule has 0 radical (unpaired) electrons. The topological polar surface area (TPSA) is 69.7 Å². The highest BCUT2D eigenvalue weighted by Crippen LogP contribution is 2.30. The van der Waals surface area contributed by atoms with Crippen LogP contribution in [0.4, 0.5) is 21.5 Å². The number of anilines is 3. The average molecular weight is 403 g/mol. The third-order valence-corrected chi connectivity index (χ3v) is 4.85. The van der Waals surface area contributed by atoms with Gasteiger partial charge in [0.2, 0.25) is 0 Å². The van der Waals surface area contributed by atoms with Crippen molar-refractivity contribution in [3.63, 3.8) is 0 Å². The minimum absolute atomic E-state index is 0.157. The van der Waals surface area contributed by atoms with E-state index >= 15 is 0 Å². The highest BCUT2D eigenvalue weighted by atomic mass is 19.1. The van der Waals surface area contributed by atoms with Crippen LogP contribution < -0.4 is 15.1 Å². The van der Waals surface area contributed by atoms with Gasteiger partial charge in [-0.25, -0.2) is 9.29 Å². The zero-order valence-corrected chi connectivity index (χ0v) is 16.3. The van der Waals surface area contributed by atoms with Crippen molar-refractivity contribution >= 4 is 34.8 Å². The maximum atomic E-state index is 14.2. The van der Waals surface area contributed by atoms with Crippen molar-refractivity contribution in [2.75, 3.05) is 29.2 Å². The SMILES string of the molecule is CN(C)c1ccc(C(=O)Nc2cccc(N3C(=O)c4ccccc4C3=O)c2)cc1F. The van der Waals surface area contributed by atoms with Gasteiger partial charge in [0.05, 0.1) is 22.5 Å². The number of amides is 3. The standard InChI is InChI=1S/C23H18FN3O3/c1-26(2)20-11-10-14(12-19(20)24)21(28)25-15-6-5-7-16(13-15)27-22(29)17-8-3-4-9-18(17)23(27)30/h3-13H,1-2H3,(H,25,28). The minimum Gasteiger partial charge on any atom is -0.375 e. The Labute approximate surface area is 172 Å². The fourth-order valence-corrected chi connectivity index (χ4v) is 3.36. The molecule has 3 aromatic rings. The molecule has 0 spiro atoms. The lowest BCUT2D eigenvalue weighted by atomic mass is 10.1. The molecule has 0 bridgehead atoms. The second kappa shape index (κ2) is 7.44. The number of benzene rings is 3. The quantitative estimate of drug-likeness (QED) is 0.670. The maximum Gasteiger partial charge on any atom is 0.266 e. The number of nitrogens with zero attached hydrogens (tertiary/aromatic N) is 2. The summed E-state index contributed by atoms with van der Waals surface area (Å²) in [6.07, 6.45) is 0.